The lowest BCUT2D eigenvalue weighted by molar-refractivity contribution is 0.0701. The molecule has 1 atom stereocenters. The maximum Gasteiger partial charge on any atom is 0.254 e. The molecule has 26 heavy (non-hydrogen) atoms. The van der Waals surface area contributed by atoms with Crippen molar-refractivity contribution in [3.8, 4) is 0 Å². The maximum atomic E-state index is 13.1. The highest BCUT2D eigenvalue weighted by Crippen LogP contribution is 2.28. The Balaban J connectivity index is 1.91. The highest BCUT2D eigenvalue weighted by Gasteiger charge is 2.33. The Morgan fingerprint density at radius 2 is 1.77 bits per heavy atom. The number of carbonyl (C=O) groups excluding carboxylic acids is 1. The zero-order valence-electron chi connectivity index (χ0n) is 16.1. The summed E-state index contributed by atoms with van der Waals surface area (Å²) in [5, 5.41) is 0. The first-order chi connectivity index (χ1) is 12.3. The molecule has 0 N–H and O–H groups in total. The minimum absolute atomic E-state index is 0.0451. The Morgan fingerprint density at radius 1 is 1.08 bits per heavy atom. The summed E-state index contributed by atoms with van der Waals surface area (Å²) in [6, 6.07) is 5.37. The summed E-state index contributed by atoms with van der Waals surface area (Å²) in [6.07, 6.45) is 4.92. The Hall–Kier alpha value is -1.40. The van der Waals surface area contributed by atoms with Crippen LogP contribution in [0.3, 0.4) is 0 Å². The second-order valence-electron chi connectivity index (χ2n) is 7.90. The van der Waals surface area contributed by atoms with Crippen molar-refractivity contribution in [2.75, 3.05) is 19.6 Å². The molecule has 5 nitrogen and oxygen atoms in total. The second-order valence-corrected chi connectivity index (χ2v) is 9.80. The van der Waals surface area contributed by atoms with Crippen molar-refractivity contribution in [3.05, 3.63) is 29.3 Å². The summed E-state index contributed by atoms with van der Waals surface area (Å²) in [7, 11) is -3.54. The van der Waals surface area contributed by atoms with Crippen molar-refractivity contribution >= 4 is 15.9 Å². The van der Waals surface area contributed by atoms with E-state index in [-0.39, 0.29) is 16.8 Å². The van der Waals surface area contributed by atoms with Crippen LogP contribution in [-0.2, 0) is 10.0 Å². The normalized spacial score (nSPS) is 22.2. The van der Waals surface area contributed by atoms with Gasteiger partial charge in [0.05, 0.1) is 4.90 Å². The number of nitrogens with zero attached hydrogens (tertiary/aromatic N) is 2. The average molecular weight is 379 g/mol. The number of likely N-dealkylation sites (tertiary alicyclic amines) is 1. The van der Waals surface area contributed by atoms with Crippen LogP contribution in [0.1, 0.15) is 61.9 Å². The van der Waals surface area contributed by atoms with E-state index in [2.05, 4.69) is 13.8 Å². The molecule has 0 bridgehead atoms. The van der Waals surface area contributed by atoms with Gasteiger partial charge in [-0.05, 0) is 56.2 Å². The third kappa shape index (κ3) is 3.67. The summed E-state index contributed by atoms with van der Waals surface area (Å²) in [6.45, 7) is 7.97. The summed E-state index contributed by atoms with van der Waals surface area (Å²) in [5.74, 6) is 0.361. The molecule has 0 aromatic heterocycles. The SMILES string of the molecule is Cc1ccc(C(=O)N2CCCC2C(C)C)cc1S(=O)(=O)N1CCCCC1. The predicted molar refractivity (Wildman–Crippen MR) is 103 cm³/mol. The number of hydrogen-bond donors (Lipinski definition) is 0. The predicted octanol–water partition coefficient (Wildman–Crippen LogP) is 3.43. The zero-order valence-corrected chi connectivity index (χ0v) is 16.9. The molecule has 0 aliphatic carbocycles. The first-order valence-electron chi connectivity index (χ1n) is 9.74. The van der Waals surface area contributed by atoms with Crippen molar-refractivity contribution < 1.29 is 13.2 Å². The van der Waals surface area contributed by atoms with Gasteiger partial charge in [0.2, 0.25) is 10.0 Å². The molecule has 1 aromatic rings. The van der Waals surface area contributed by atoms with Crippen LogP contribution in [0.5, 0.6) is 0 Å². The zero-order chi connectivity index (χ0) is 18.9. The largest absolute Gasteiger partial charge is 0.335 e. The van der Waals surface area contributed by atoms with Crippen molar-refractivity contribution in [2.45, 2.75) is 63.8 Å². The average Bonchev–Trinajstić information content (AvgIpc) is 3.12. The van der Waals surface area contributed by atoms with Gasteiger partial charge in [-0.2, -0.15) is 4.31 Å². The Labute approximate surface area is 157 Å². The van der Waals surface area contributed by atoms with E-state index in [0.717, 1.165) is 38.6 Å². The van der Waals surface area contributed by atoms with E-state index in [1.54, 1.807) is 29.4 Å². The number of aryl methyl sites for hydroxylation is 1. The molecule has 0 radical (unpaired) electrons. The molecule has 0 saturated carbocycles. The number of piperidine rings is 1. The fourth-order valence-corrected chi connectivity index (χ4v) is 5.93. The number of carbonyl (C=O) groups is 1. The van der Waals surface area contributed by atoms with E-state index in [1.165, 1.54) is 0 Å². The van der Waals surface area contributed by atoms with E-state index in [9.17, 15) is 13.2 Å². The lowest BCUT2D eigenvalue weighted by atomic mass is 10.0. The molecule has 2 saturated heterocycles. The first kappa shape index (κ1) is 19.4. The van der Waals surface area contributed by atoms with Gasteiger partial charge in [-0.1, -0.05) is 26.3 Å². The molecule has 1 aromatic carbocycles. The van der Waals surface area contributed by atoms with Gasteiger partial charge in [0.15, 0.2) is 0 Å². The molecule has 1 amide bonds. The third-order valence-corrected chi connectivity index (χ3v) is 7.74. The number of sulfonamides is 1. The van der Waals surface area contributed by atoms with E-state index in [4.69, 9.17) is 0 Å². The van der Waals surface area contributed by atoms with E-state index in [1.807, 2.05) is 4.90 Å². The Kier molecular flexibility index (Phi) is 5.72. The van der Waals surface area contributed by atoms with Crippen LogP contribution in [0.25, 0.3) is 0 Å². The van der Waals surface area contributed by atoms with Crippen LogP contribution in [0.2, 0.25) is 0 Å². The molecular formula is C20H30N2O3S. The quantitative estimate of drug-likeness (QED) is 0.806. The van der Waals surface area contributed by atoms with Crippen LogP contribution < -0.4 is 0 Å². The lowest BCUT2D eigenvalue weighted by Crippen LogP contribution is -2.39. The Bertz CT molecular complexity index is 767. The van der Waals surface area contributed by atoms with Gasteiger partial charge in [-0.25, -0.2) is 8.42 Å². The molecule has 2 heterocycles. The van der Waals surface area contributed by atoms with Crippen molar-refractivity contribution in [1.82, 2.24) is 9.21 Å². The summed E-state index contributed by atoms with van der Waals surface area (Å²) in [4.78, 5) is 15.3. The standard InChI is InChI=1S/C20H30N2O3S/c1-15(2)18-8-7-13-22(18)20(23)17-10-9-16(3)19(14-17)26(24,25)21-11-5-4-6-12-21/h9-10,14-15,18H,4-8,11-13H2,1-3H3. The van der Waals surface area contributed by atoms with Crippen LogP contribution in [0.15, 0.2) is 23.1 Å². The molecule has 144 valence electrons. The van der Waals surface area contributed by atoms with Gasteiger partial charge in [0.25, 0.3) is 5.91 Å². The minimum Gasteiger partial charge on any atom is -0.335 e. The van der Waals surface area contributed by atoms with Gasteiger partial charge in [0, 0.05) is 31.2 Å². The first-order valence-corrected chi connectivity index (χ1v) is 11.2. The van der Waals surface area contributed by atoms with Gasteiger partial charge in [0.1, 0.15) is 0 Å². The molecule has 2 aliphatic heterocycles. The number of amides is 1. The number of benzene rings is 1. The topological polar surface area (TPSA) is 57.7 Å². The number of hydrogen-bond acceptors (Lipinski definition) is 3. The van der Waals surface area contributed by atoms with E-state index < -0.39 is 10.0 Å². The highest BCUT2D eigenvalue weighted by molar-refractivity contribution is 7.89. The fraction of sp³-hybridized carbons (Fsp3) is 0.650. The van der Waals surface area contributed by atoms with Gasteiger partial charge in [-0.3, -0.25) is 4.79 Å². The fourth-order valence-electron chi connectivity index (χ4n) is 4.16. The molecule has 2 aliphatic rings. The van der Waals surface area contributed by atoms with E-state index >= 15 is 0 Å². The second kappa shape index (κ2) is 7.69. The molecular weight excluding hydrogens is 348 g/mol. The van der Waals surface area contributed by atoms with Crippen molar-refractivity contribution in [3.63, 3.8) is 0 Å². The van der Waals surface area contributed by atoms with Crippen molar-refractivity contribution in [2.24, 2.45) is 5.92 Å². The molecule has 6 heteroatoms. The maximum absolute atomic E-state index is 13.1. The molecule has 2 fully saturated rings. The van der Waals surface area contributed by atoms with Gasteiger partial charge in [-0.15, -0.1) is 0 Å². The molecule has 0 spiro atoms. The van der Waals surface area contributed by atoms with Gasteiger partial charge >= 0.3 is 0 Å². The Morgan fingerprint density at radius 3 is 2.42 bits per heavy atom. The molecule has 3 rings (SSSR count). The highest BCUT2D eigenvalue weighted by atomic mass is 32.2. The minimum atomic E-state index is -3.54. The van der Waals surface area contributed by atoms with Crippen LogP contribution >= 0.6 is 0 Å². The summed E-state index contributed by atoms with van der Waals surface area (Å²) >= 11 is 0. The number of rotatable bonds is 4. The van der Waals surface area contributed by atoms with Crippen LogP contribution in [-0.4, -0.2) is 49.2 Å². The van der Waals surface area contributed by atoms with Crippen molar-refractivity contribution in [1.29, 1.82) is 0 Å². The van der Waals surface area contributed by atoms with Gasteiger partial charge < -0.3 is 4.90 Å². The third-order valence-electron chi connectivity index (χ3n) is 5.70. The monoisotopic (exact) mass is 378 g/mol. The smallest absolute Gasteiger partial charge is 0.254 e. The summed E-state index contributed by atoms with van der Waals surface area (Å²) < 4.78 is 27.7. The van der Waals surface area contributed by atoms with Crippen LogP contribution in [0.4, 0.5) is 0 Å². The van der Waals surface area contributed by atoms with Crippen LogP contribution in [0, 0.1) is 12.8 Å². The summed E-state index contributed by atoms with van der Waals surface area (Å²) in [5.41, 5.74) is 1.19. The van der Waals surface area contributed by atoms with E-state index in [0.29, 0.717) is 30.1 Å². The lowest BCUT2D eigenvalue weighted by Gasteiger charge is -2.29. The molecule has 1 unspecified atom stereocenters.